The number of carbonyl (C=O) groups excluding carboxylic acids is 2. The minimum absolute atomic E-state index is 0.0372. The van der Waals surface area contributed by atoms with Gasteiger partial charge in [0.15, 0.2) is 0 Å². The Hall–Kier alpha value is -3.23. The van der Waals surface area contributed by atoms with Gasteiger partial charge in [-0.25, -0.2) is 9.59 Å². The average Bonchev–Trinajstić information content (AvgIpc) is 2.54. The van der Waals surface area contributed by atoms with Crippen LogP contribution in [0.1, 0.15) is 23.7 Å². The van der Waals surface area contributed by atoms with Crippen LogP contribution in [-0.4, -0.2) is 40.5 Å². The second-order valence-corrected chi connectivity index (χ2v) is 4.56. The number of hydrogen-bond donors (Lipinski definition) is 2. The highest BCUT2D eigenvalue weighted by Gasteiger charge is 2.20. The maximum atomic E-state index is 12.0. The quantitative estimate of drug-likeness (QED) is 0.316. The maximum absolute atomic E-state index is 12.0. The fourth-order valence-corrected chi connectivity index (χ4v) is 1.71. The highest BCUT2D eigenvalue weighted by Crippen LogP contribution is 2.13. The van der Waals surface area contributed by atoms with Gasteiger partial charge < -0.3 is 15.2 Å². The lowest BCUT2D eigenvalue weighted by atomic mass is 10.1. The molecule has 0 spiro atoms. The Kier molecular flexibility index (Phi) is 7.08. The van der Waals surface area contributed by atoms with E-state index in [9.17, 15) is 24.5 Å². The predicted molar refractivity (Wildman–Crippen MR) is 82.4 cm³/mol. The molecule has 2 N–H and O–H groups in total. The van der Waals surface area contributed by atoms with Crippen molar-refractivity contribution in [1.82, 2.24) is 5.32 Å². The van der Waals surface area contributed by atoms with E-state index in [2.05, 4.69) is 10.1 Å². The van der Waals surface area contributed by atoms with E-state index in [-0.39, 0.29) is 24.3 Å². The minimum atomic E-state index is -1.30. The molecule has 1 amide bonds. The van der Waals surface area contributed by atoms with Crippen LogP contribution in [0.2, 0.25) is 0 Å². The molecule has 128 valence electrons. The van der Waals surface area contributed by atoms with E-state index >= 15 is 0 Å². The Balaban J connectivity index is 2.76. The third-order valence-electron chi connectivity index (χ3n) is 2.83. The number of esters is 1. The van der Waals surface area contributed by atoms with Gasteiger partial charge in [0.2, 0.25) is 0 Å². The molecule has 0 unspecified atom stereocenters. The summed E-state index contributed by atoms with van der Waals surface area (Å²) in [6, 6.07) is 3.62. The molecule has 0 heterocycles. The van der Waals surface area contributed by atoms with Gasteiger partial charge in [0, 0.05) is 23.8 Å². The number of ether oxygens (including phenoxy) is 1. The number of hydrogen-bond acceptors (Lipinski definition) is 6. The second-order valence-electron chi connectivity index (χ2n) is 4.56. The van der Waals surface area contributed by atoms with Gasteiger partial charge in [0.05, 0.1) is 11.5 Å². The first-order valence-electron chi connectivity index (χ1n) is 6.96. The van der Waals surface area contributed by atoms with Gasteiger partial charge in [-0.1, -0.05) is 12.1 Å². The minimum Gasteiger partial charge on any atom is -0.480 e. The molecule has 0 saturated heterocycles. The third kappa shape index (κ3) is 5.87. The van der Waals surface area contributed by atoms with Gasteiger partial charge in [-0.05, 0) is 19.4 Å². The molecule has 9 heteroatoms. The number of amides is 1. The summed E-state index contributed by atoms with van der Waals surface area (Å²) in [7, 11) is 0. The summed E-state index contributed by atoms with van der Waals surface area (Å²) in [5, 5.41) is 22.0. The molecule has 0 saturated carbocycles. The number of nitrogens with one attached hydrogen (secondary N) is 1. The molecule has 24 heavy (non-hydrogen) atoms. The summed E-state index contributed by atoms with van der Waals surface area (Å²) in [6.07, 6.45) is 2.19. The molecule has 1 rings (SSSR count). The number of nitro benzene ring substituents is 1. The Morgan fingerprint density at radius 2 is 2.12 bits per heavy atom. The van der Waals surface area contributed by atoms with Gasteiger partial charge in [0.25, 0.3) is 11.6 Å². The molecular weight excluding hydrogens is 320 g/mol. The van der Waals surface area contributed by atoms with Crippen LogP contribution in [0.5, 0.6) is 0 Å². The third-order valence-corrected chi connectivity index (χ3v) is 2.83. The standard InChI is InChI=1S/C15H16N2O7/c1-2-24-13(18)8-4-7-12(15(20)21)16-14(19)10-5-3-6-11(9-10)17(22)23/h3-6,8-9,12H,2,7H2,1H3,(H,16,19)(H,20,21)/b8-4+/t12-/m0/s1. The largest absolute Gasteiger partial charge is 0.480 e. The molecule has 0 radical (unpaired) electrons. The molecule has 1 aromatic rings. The Morgan fingerprint density at radius 3 is 2.71 bits per heavy atom. The topological polar surface area (TPSA) is 136 Å². The number of benzene rings is 1. The van der Waals surface area contributed by atoms with Gasteiger partial charge >= 0.3 is 11.9 Å². The van der Waals surface area contributed by atoms with E-state index in [0.29, 0.717) is 0 Å². The molecule has 0 aliphatic carbocycles. The van der Waals surface area contributed by atoms with E-state index < -0.39 is 28.8 Å². The lowest BCUT2D eigenvalue weighted by Crippen LogP contribution is -2.40. The molecule has 1 aromatic carbocycles. The van der Waals surface area contributed by atoms with Crippen molar-refractivity contribution in [3.05, 3.63) is 52.1 Å². The van der Waals surface area contributed by atoms with Crippen molar-refractivity contribution in [2.45, 2.75) is 19.4 Å². The monoisotopic (exact) mass is 336 g/mol. The zero-order chi connectivity index (χ0) is 18.1. The Bertz CT molecular complexity index is 670. The molecule has 0 aliphatic rings. The molecule has 1 atom stereocenters. The highest BCUT2D eigenvalue weighted by atomic mass is 16.6. The van der Waals surface area contributed by atoms with Gasteiger partial charge in [-0.15, -0.1) is 0 Å². The van der Waals surface area contributed by atoms with E-state index in [4.69, 9.17) is 5.11 Å². The van der Waals surface area contributed by atoms with Crippen LogP contribution in [0.4, 0.5) is 5.69 Å². The first-order valence-corrected chi connectivity index (χ1v) is 6.96. The zero-order valence-electron chi connectivity index (χ0n) is 12.8. The Labute approximate surface area is 137 Å². The summed E-state index contributed by atoms with van der Waals surface area (Å²) >= 11 is 0. The van der Waals surface area contributed by atoms with Crippen molar-refractivity contribution in [1.29, 1.82) is 0 Å². The number of carboxylic acids is 1. The fraction of sp³-hybridized carbons (Fsp3) is 0.267. The summed E-state index contributed by atoms with van der Waals surface area (Å²) < 4.78 is 4.65. The summed E-state index contributed by atoms with van der Waals surface area (Å²) in [5.41, 5.74) is -0.318. The number of carboxylic acid groups (broad SMARTS) is 1. The Morgan fingerprint density at radius 1 is 1.42 bits per heavy atom. The first kappa shape index (κ1) is 18.8. The van der Waals surface area contributed by atoms with Crippen LogP contribution in [-0.2, 0) is 14.3 Å². The van der Waals surface area contributed by atoms with Crippen molar-refractivity contribution in [2.75, 3.05) is 6.61 Å². The number of aliphatic carboxylic acids is 1. The molecule has 0 bridgehead atoms. The SMILES string of the molecule is CCOC(=O)/C=C/C[C@H](NC(=O)c1cccc([N+](=O)[O-])c1)C(=O)O. The number of nitro groups is 1. The van der Waals surface area contributed by atoms with E-state index in [1.165, 1.54) is 24.3 Å². The van der Waals surface area contributed by atoms with Crippen LogP contribution in [0.25, 0.3) is 0 Å². The highest BCUT2D eigenvalue weighted by molar-refractivity contribution is 5.97. The van der Waals surface area contributed by atoms with E-state index in [1.807, 2.05) is 0 Å². The van der Waals surface area contributed by atoms with Crippen LogP contribution < -0.4 is 5.32 Å². The van der Waals surface area contributed by atoms with Gasteiger partial charge in [0.1, 0.15) is 6.04 Å². The number of nitrogens with zero attached hydrogens (tertiary/aromatic N) is 1. The fourth-order valence-electron chi connectivity index (χ4n) is 1.71. The van der Waals surface area contributed by atoms with E-state index in [0.717, 1.165) is 12.1 Å². The summed E-state index contributed by atoms with van der Waals surface area (Å²) in [6.45, 7) is 1.82. The summed E-state index contributed by atoms with van der Waals surface area (Å²) in [5.74, 6) is -2.69. The maximum Gasteiger partial charge on any atom is 0.330 e. The van der Waals surface area contributed by atoms with Crippen LogP contribution >= 0.6 is 0 Å². The number of carbonyl (C=O) groups is 3. The second kappa shape index (κ2) is 9.03. The zero-order valence-corrected chi connectivity index (χ0v) is 12.8. The molecule has 0 aromatic heterocycles. The lowest BCUT2D eigenvalue weighted by Gasteiger charge is -2.12. The van der Waals surface area contributed by atoms with Crippen molar-refractivity contribution in [3.63, 3.8) is 0 Å². The molecule has 0 fully saturated rings. The molecule has 0 aliphatic heterocycles. The predicted octanol–water partition coefficient (Wildman–Crippen LogP) is 1.29. The smallest absolute Gasteiger partial charge is 0.330 e. The van der Waals surface area contributed by atoms with Crippen LogP contribution in [0.15, 0.2) is 36.4 Å². The van der Waals surface area contributed by atoms with E-state index in [1.54, 1.807) is 6.92 Å². The number of rotatable bonds is 8. The van der Waals surface area contributed by atoms with Crippen molar-refractivity contribution in [3.8, 4) is 0 Å². The van der Waals surface area contributed by atoms with Crippen molar-refractivity contribution in [2.24, 2.45) is 0 Å². The van der Waals surface area contributed by atoms with Crippen LogP contribution in [0.3, 0.4) is 0 Å². The average molecular weight is 336 g/mol. The van der Waals surface area contributed by atoms with Gasteiger partial charge in [-0.2, -0.15) is 0 Å². The number of non-ortho nitro benzene ring substituents is 1. The van der Waals surface area contributed by atoms with Gasteiger partial charge in [-0.3, -0.25) is 14.9 Å². The molecule has 9 nitrogen and oxygen atoms in total. The summed E-state index contributed by atoms with van der Waals surface area (Å²) in [4.78, 5) is 44.4. The van der Waals surface area contributed by atoms with Crippen molar-refractivity contribution >= 4 is 23.5 Å². The van der Waals surface area contributed by atoms with Crippen LogP contribution in [0, 0.1) is 10.1 Å². The first-order chi connectivity index (χ1) is 11.3. The normalized spacial score (nSPS) is 11.7. The lowest BCUT2D eigenvalue weighted by molar-refractivity contribution is -0.384. The molecular formula is C15H16N2O7. The van der Waals surface area contributed by atoms with Crippen molar-refractivity contribution < 1.29 is 29.2 Å².